The number of hydrogen-bond donors (Lipinski definition) is 1. The Bertz CT molecular complexity index is 239. The van der Waals surface area contributed by atoms with E-state index in [4.69, 9.17) is 5.11 Å². The Morgan fingerprint density at radius 2 is 2.14 bits per heavy atom. The first kappa shape index (κ1) is 9.97. The molecule has 0 spiro atoms. The van der Waals surface area contributed by atoms with Gasteiger partial charge in [-0.3, -0.25) is 9.69 Å². The minimum Gasteiger partial charge on any atom is -0.480 e. The molecule has 0 aromatic rings. The van der Waals surface area contributed by atoms with Gasteiger partial charge in [-0.1, -0.05) is 13.8 Å². The van der Waals surface area contributed by atoms with Gasteiger partial charge in [0.15, 0.2) is 0 Å². The first-order valence-electron chi connectivity index (χ1n) is 5.58. The number of piperidine rings is 3. The molecule has 3 saturated heterocycles. The Hall–Kier alpha value is -0.570. The standard InChI is InChI=1S/C11H19NO2/c1-7(2)9-5-8-3-4-12(9)10(6-8)11(13)14/h7-10H,3-6H2,1-2H3,(H,13,14). The van der Waals surface area contributed by atoms with Gasteiger partial charge in [0.2, 0.25) is 0 Å². The molecule has 3 fully saturated rings. The first-order chi connectivity index (χ1) is 6.59. The zero-order chi connectivity index (χ0) is 10.3. The largest absolute Gasteiger partial charge is 0.480 e. The molecule has 3 rings (SSSR count). The molecule has 0 radical (unpaired) electrons. The van der Waals surface area contributed by atoms with Crippen molar-refractivity contribution in [3.8, 4) is 0 Å². The number of fused-ring (bicyclic) bond motifs is 3. The number of carboxylic acid groups (broad SMARTS) is 1. The monoisotopic (exact) mass is 197 g/mol. The van der Waals surface area contributed by atoms with Crippen molar-refractivity contribution in [3.05, 3.63) is 0 Å². The number of nitrogens with zero attached hydrogens (tertiary/aromatic N) is 1. The van der Waals surface area contributed by atoms with E-state index in [0.29, 0.717) is 17.9 Å². The molecule has 3 aliphatic heterocycles. The molecule has 1 N–H and O–H groups in total. The summed E-state index contributed by atoms with van der Waals surface area (Å²) in [6.45, 7) is 5.39. The maximum absolute atomic E-state index is 11.1. The third-order valence-electron chi connectivity index (χ3n) is 3.81. The molecule has 80 valence electrons. The Morgan fingerprint density at radius 3 is 2.64 bits per heavy atom. The summed E-state index contributed by atoms with van der Waals surface area (Å²) in [6, 6.07) is 0.304. The van der Waals surface area contributed by atoms with Gasteiger partial charge in [-0.2, -0.15) is 0 Å². The van der Waals surface area contributed by atoms with Gasteiger partial charge in [0.25, 0.3) is 0 Å². The van der Waals surface area contributed by atoms with Crippen molar-refractivity contribution in [2.24, 2.45) is 11.8 Å². The molecule has 3 heteroatoms. The van der Waals surface area contributed by atoms with Gasteiger partial charge in [0, 0.05) is 6.04 Å². The van der Waals surface area contributed by atoms with Gasteiger partial charge in [0.1, 0.15) is 6.04 Å². The number of rotatable bonds is 2. The minimum atomic E-state index is -0.625. The lowest BCUT2D eigenvalue weighted by Gasteiger charge is -2.50. The summed E-state index contributed by atoms with van der Waals surface area (Å²) in [5, 5.41) is 9.12. The van der Waals surface area contributed by atoms with Crippen molar-refractivity contribution in [2.45, 2.75) is 45.2 Å². The average molecular weight is 197 g/mol. The van der Waals surface area contributed by atoms with Crippen molar-refractivity contribution >= 4 is 5.97 Å². The molecule has 2 bridgehead atoms. The van der Waals surface area contributed by atoms with Crippen LogP contribution in [-0.4, -0.2) is 34.6 Å². The van der Waals surface area contributed by atoms with Crippen LogP contribution in [0.2, 0.25) is 0 Å². The van der Waals surface area contributed by atoms with Crippen LogP contribution in [0.25, 0.3) is 0 Å². The van der Waals surface area contributed by atoms with Crippen LogP contribution in [0.4, 0.5) is 0 Å². The van der Waals surface area contributed by atoms with Gasteiger partial charge >= 0.3 is 5.97 Å². The zero-order valence-corrected chi connectivity index (χ0v) is 8.94. The van der Waals surface area contributed by atoms with Crippen molar-refractivity contribution < 1.29 is 9.90 Å². The molecule has 3 heterocycles. The van der Waals surface area contributed by atoms with E-state index in [2.05, 4.69) is 18.7 Å². The molecule has 4 atom stereocenters. The fourth-order valence-corrected chi connectivity index (χ4v) is 3.04. The molecule has 0 aromatic heterocycles. The quantitative estimate of drug-likeness (QED) is 0.730. The molecular formula is C11H19NO2. The van der Waals surface area contributed by atoms with E-state index in [-0.39, 0.29) is 6.04 Å². The highest BCUT2D eigenvalue weighted by atomic mass is 16.4. The summed E-state index contributed by atoms with van der Waals surface area (Å²) in [6.07, 6.45) is 3.28. The van der Waals surface area contributed by atoms with Crippen molar-refractivity contribution in [2.75, 3.05) is 6.54 Å². The molecular weight excluding hydrogens is 178 g/mol. The Kier molecular flexibility index (Phi) is 2.52. The smallest absolute Gasteiger partial charge is 0.320 e. The molecule has 0 amide bonds. The zero-order valence-electron chi connectivity index (χ0n) is 8.94. The second-order valence-corrected chi connectivity index (χ2v) is 5.03. The molecule has 4 unspecified atom stereocenters. The molecule has 14 heavy (non-hydrogen) atoms. The highest BCUT2D eigenvalue weighted by Crippen LogP contribution is 2.38. The normalized spacial score (nSPS) is 41.6. The molecule has 3 aliphatic rings. The second-order valence-electron chi connectivity index (χ2n) is 5.03. The Labute approximate surface area is 85.1 Å². The van der Waals surface area contributed by atoms with Crippen LogP contribution in [0.3, 0.4) is 0 Å². The topological polar surface area (TPSA) is 40.5 Å². The van der Waals surface area contributed by atoms with Crippen molar-refractivity contribution in [1.29, 1.82) is 0 Å². The second kappa shape index (κ2) is 3.54. The average Bonchev–Trinajstić information content (AvgIpc) is 2.18. The van der Waals surface area contributed by atoms with Gasteiger partial charge in [-0.15, -0.1) is 0 Å². The van der Waals surface area contributed by atoms with Crippen molar-refractivity contribution in [3.63, 3.8) is 0 Å². The van der Waals surface area contributed by atoms with Gasteiger partial charge in [0.05, 0.1) is 0 Å². The van der Waals surface area contributed by atoms with Crippen LogP contribution in [-0.2, 0) is 4.79 Å². The molecule has 3 nitrogen and oxygen atoms in total. The van der Waals surface area contributed by atoms with Crippen LogP contribution in [0, 0.1) is 11.8 Å². The van der Waals surface area contributed by atoms with E-state index >= 15 is 0 Å². The SMILES string of the molecule is CC(C)C1CC2CCN1C(C(=O)O)C2. The predicted octanol–water partition coefficient (Wildman–Crippen LogP) is 1.58. The molecule has 0 aliphatic carbocycles. The van der Waals surface area contributed by atoms with Crippen molar-refractivity contribution in [1.82, 2.24) is 4.90 Å². The first-order valence-corrected chi connectivity index (χ1v) is 5.58. The lowest BCUT2D eigenvalue weighted by atomic mass is 9.76. The molecule has 0 aromatic carbocycles. The third kappa shape index (κ3) is 1.54. The summed E-state index contributed by atoms with van der Waals surface area (Å²) in [4.78, 5) is 13.3. The van der Waals surface area contributed by atoms with Gasteiger partial charge in [-0.25, -0.2) is 0 Å². The maximum atomic E-state index is 11.1. The van der Waals surface area contributed by atoms with E-state index in [0.717, 1.165) is 13.0 Å². The number of carboxylic acids is 1. The summed E-state index contributed by atoms with van der Waals surface area (Å²) >= 11 is 0. The van der Waals surface area contributed by atoms with E-state index < -0.39 is 5.97 Å². The van der Waals surface area contributed by atoms with E-state index in [9.17, 15) is 4.79 Å². The highest BCUT2D eigenvalue weighted by Gasteiger charge is 2.43. The number of aliphatic carboxylic acids is 1. The van der Waals surface area contributed by atoms with E-state index in [1.165, 1.54) is 12.8 Å². The summed E-state index contributed by atoms with van der Waals surface area (Å²) in [7, 11) is 0. The van der Waals surface area contributed by atoms with Crippen LogP contribution >= 0.6 is 0 Å². The van der Waals surface area contributed by atoms with Crippen LogP contribution in [0.1, 0.15) is 33.1 Å². The van der Waals surface area contributed by atoms with E-state index in [1.54, 1.807) is 0 Å². The summed E-state index contributed by atoms with van der Waals surface area (Å²) in [5.41, 5.74) is 0. The van der Waals surface area contributed by atoms with Crippen LogP contribution in [0.15, 0.2) is 0 Å². The molecule has 0 saturated carbocycles. The fourth-order valence-electron chi connectivity index (χ4n) is 3.04. The Balaban J connectivity index is 2.15. The van der Waals surface area contributed by atoms with Gasteiger partial charge in [-0.05, 0) is 37.6 Å². The number of carbonyl (C=O) groups is 1. The van der Waals surface area contributed by atoms with Gasteiger partial charge < -0.3 is 5.11 Å². The third-order valence-corrected chi connectivity index (χ3v) is 3.81. The maximum Gasteiger partial charge on any atom is 0.320 e. The summed E-state index contributed by atoms with van der Waals surface area (Å²) in [5.74, 6) is 0.619. The lowest BCUT2D eigenvalue weighted by Crippen LogP contribution is -2.58. The van der Waals surface area contributed by atoms with E-state index in [1.807, 2.05) is 0 Å². The lowest BCUT2D eigenvalue weighted by molar-refractivity contribution is -0.151. The minimum absolute atomic E-state index is 0.199. The highest BCUT2D eigenvalue weighted by molar-refractivity contribution is 5.73. The number of hydrogen-bond acceptors (Lipinski definition) is 2. The van der Waals surface area contributed by atoms with Crippen LogP contribution in [0.5, 0.6) is 0 Å². The predicted molar refractivity (Wildman–Crippen MR) is 54.1 cm³/mol. The fraction of sp³-hybridized carbons (Fsp3) is 0.909. The summed E-state index contributed by atoms with van der Waals surface area (Å²) < 4.78 is 0. The van der Waals surface area contributed by atoms with Crippen LogP contribution < -0.4 is 0 Å². The Morgan fingerprint density at radius 1 is 1.43 bits per heavy atom.